The first-order valence-electron chi connectivity index (χ1n) is 8.46. The standard InChI is InChI=1S/C20H20N4O3/c1-12-8-17(15(20(2,3)4)9-13(12)10-21)27-11-16-14-6-5-7-22-18(14)24(23-16)19(25)26/h5-9H,11H2,1-4H3,(H,25,26). The molecule has 0 radical (unpaired) electrons. The summed E-state index contributed by atoms with van der Waals surface area (Å²) in [4.78, 5) is 15.5. The topological polar surface area (TPSA) is 101 Å². The fourth-order valence-corrected chi connectivity index (χ4v) is 2.91. The van der Waals surface area contributed by atoms with Crippen molar-refractivity contribution in [3.63, 3.8) is 0 Å². The van der Waals surface area contributed by atoms with Gasteiger partial charge in [0.1, 0.15) is 18.1 Å². The smallest absolute Gasteiger partial charge is 0.434 e. The maximum absolute atomic E-state index is 11.4. The first kappa shape index (κ1) is 18.4. The fraction of sp³-hybridized carbons (Fsp3) is 0.300. The Hall–Kier alpha value is -3.40. The lowest BCUT2D eigenvalue weighted by Gasteiger charge is -2.23. The third-order valence-corrected chi connectivity index (χ3v) is 4.32. The zero-order valence-corrected chi connectivity index (χ0v) is 15.6. The number of rotatable bonds is 3. The van der Waals surface area contributed by atoms with Gasteiger partial charge in [-0.2, -0.15) is 10.4 Å². The van der Waals surface area contributed by atoms with Crippen LogP contribution in [0.4, 0.5) is 4.79 Å². The summed E-state index contributed by atoms with van der Waals surface area (Å²) in [6.45, 7) is 8.09. The van der Waals surface area contributed by atoms with Crippen LogP contribution in [0.3, 0.4) is 0 Å². The number of carbonyl (C=O) groups is 1. The third-order valence-electron chi connectivity index (χ3n) is 4.32. The summed E-state index contributed by atoms with van der Waals surface area (Å²) in [5, 5.41) is 23.4. The van der Waals surface area contributed by atoms with Gasteiger partial charge in [0, 0.05) is 17.1 Å². The molecule has 2 aromatic heterocycles. The summed E-state index contributed by atoms with van der Waals surface area (Å²) in [7, 11) is 0. The van der Waals surface area contributed by atoms with Gasteiger partial charge in [-0.05, 0) is 42.2 Å². The SMILES string of the molecule is Cc1cc(OCc2nn(C(=O)O)c3ncccc23)c(C(C)(C)C)cc1C#N. The van der Waals surface area contributed by atoms with E-state index in [1.165, 1.54) is 6.20 Å². The number of nitriles is 1. The lowest BCUT2D eigenvalue weighted by atomic mass is 9.84. The van der Waals surface area contributed by atoms with E-state index in [4.69, 9.17) is 4.74 Å². The summed E-state index contributed by atoms with van der Waals surface area (Å²) < 4.78 is 6.88. The molecule has 0 saturated carbocycles. The molecule has 1 N–H and O–H groups in total. The van der Waals surface area contributed by atoms with Crippen molar-refractivity contribution in [3.8, 4) is 11.8 Å². The number of aryl methyl sites for hydroxylation is 1. The summed E-state index contributed by atoms with van der Waals surface area (Å²) in [5.74, 6) is 0.654. The Bertz CT molecular complexity index is 1070. The fourth-order valence-electron chi connectivity index (χ4n) is 2.91. The first-order chi connectivity index (χ1) is 12.7. The highest BCUT2D eigenvalue weighted by Gasteiger charge is 2.22. The molecule has 3 rings (SSSR count). The molecule has 0 saturated heterocycles. The Labute approximate surface area is 156 Å². The van der Waals surface area contributed by atoms with Crippen LogP contribution in [0, 0.1) is 18.3 Å². The molecule has 1 aromatic carbocycles. The van der Waals surface area contributed by atoms with Crippen LogP contribution in [0.2, 0.25) is 0 Å². The number of nitrogens with zero attached hydrogens (tertiary/aromatic N) is 4. The molecule has 0 aliphatic heterocycles. The number of carboxylic acid groups (broad SMARTS) is 1. The second kappa shape index (κ2) is 6.72. The number of hydrogen-bond acceptors (Lipinski definition) is 5. The zero-order chi connectivity index (χ0) is 19.8. The van der Waals surface area contributed by atoms with Gasteiger partial charge in [-0.25, -0.2) is 9.78 Å². The van der Waals surface area contributed by atoms with E-state index in [-0.39, 0.29) is 17.7 Å². The number of benzene rings is 1. The molecule has 0 spiro atoms. The molecular weight excluding hydrogens is 344 g/mol. The molecule has 0 aliphatic carbocycles. The van der Waals surface area contributed by atoms with Gasteiger partial charge in [0.15, 0.2) is 5.65 Å². The van der Waals surface area contributed by atoms with Gasteiger partial charge in [0.25, 0.3) is 0 Å². The van der Waals surface area contributed by atoms with E-state index >= 15 is 0 Å². The predicted octanol–water partition coefficient (Wildman–Crippen LogP) is 4.01. The molecular formula is C20H20N4O3. The highest BCUT2D eigenvalue weighted by Crippen LogP contribution is 2.34. The van der Waals surface area contributed by atoms with E-state index in [2.05, 4.69) is 16.2 Å². The average molecular weight is 364 g/mol. The Kier molecular flexibility index (Phi) is 4.58. The Morgan fingerprint density at radius 1 is 1.37 bits per heavy atom. The summed E-state index contributed by atoms with van der Waals surface area (Å²) in [5.41, 5.74) is 2.88. The lowest BCUT2D eigenvalue weighted by Crippen LogP contribution is -2.15. The minimum atomic E-state index is -1.20. The van der Waals surface area contributed by atoms with Crippen LogP contribution in [-0.4, -0.2) is 26.0 Å². The van der Waals surface area contributed by atoms with E-state index in [9.17, 15) is 15.2 Å². The second-order valence-corrected chi connectivity index (χ2v) is 7.33. The molecule has 0 bridgehead atoms. The van der Waals surface area contributed by atoms with Gasteiger partial charge in [0.2, 0.25) is 0 Å². The molecule has 0 unspecified atom stereocenters. The highest BCUT2D eigenvalue weighted by atomic mass is 16.5. The summed E-state index contributed by atoms with van der Waals surface area (Å²) in [6, 6.07) is 9.39. The van der Waals surface area contributed by atoms with Gasteiger partial charge < -0.3 is 9.84 Å². The molecule has 2 heterocycles. The number of aromatic nitrogens is 3. The van der Waals surface area contributed by atoms with Crippen molar-refractivity contribution < 1.29 is 14.6 Å². The number of ether oxygens (including phenoxy) is 1. The molecule has 7 nitrogen and oxygen atoms in total. The second-order valence-electron chi connectivity index (χ2n) is 7.33. The maximum atomic E-state index is 11.4. The van der Waals surface area contributed by atoms with Crippen molar-refractivity contribution in [2.24, 2.45) is 0 Å². The van der Waals surface area contributed by atoms with Crippen molar-refractivity contribution in [2.45, 2.75) is 39.7 Å². The van der Waals surface area contributed by atoms with Crippen molar-refractivity contribution in [1.29, 1.82) is 5.26 Å². The number of hydrogen-bond donors (Lipinski definition) is 1. The molecule has 0 aliphatic rings. The van der Waals surface area contributed by atoms with Gasteiger partial charge in [-0.1, -0.05) is 20.8 Å². The largest absolute Gasteiger partial charge is 0.487 e. The van der Waals surface area contributed by atoms with Crippen molar-refractivity contribution in [3.05, 3.63) is 52.8 Å². The van der Waals surface area contributed by atoms with Crippen LogP contribution in [0.25, 0.3) is 11.0 Å². The van der Waals surface area contributed by atoms with Crippen LogP contribution < -0.4 is 4.74 Å². The molecule has 0 amide bonds. The average Bonchev–Trinajstić information content (AvgIpc) is 2.98. The van der Waals surface area contributed by atoms with Crippen LogP contribution in [0.5, 0.6) is 5.75 Å². The Morgan fingerprint density at radius 3 is 2.74 bits per heavy atom. The molecule has 0 atom stereocenters. The van der Waals surface area contributed by atoms with Crippen molar-refractivity contribution >= 4 is 17.1 Å². The summed E-state index contributed by atoms with van der Waals surface area (Å²) in [6.07, 6.45) is 0.324. The monoisotopic (exact) mass is 364 g/mol. The minimum Gasteiger partial charge on any atom is -0.487 e. The van der Waals surface area contributed by atoms with Gasteiger partial charge in [0.05, 0.1) is 11.6 Å². The number of fused-ring (bicyclic) bond motifs is 1. The van der Waals surface area contributed by atoms with E-state index in [1.54, 1.807) is 12.1 Å². The zero-order valence-electron chi connectivity index (χ0n) is 15.6. The molecule has 3 aromatic rings. The molecule has 27 heavy (non-hydrogen) atoms. The third kappa shape index (κ3) is 3.47. The number of pyridine rings is 1. The normalized spacial score (nSPS) is 11.4. The molecule has 0 fully saturated rings. The first-order valence-corrected chi connectivity index (χ1v) is 8.46. The van der Waals surface area contributed by atoms with Gasteiger partial charge in [-0.3, -0.25) is 0 Å². The highest BCUT2D eigenvalue weighted by molar-refractivity contribution is 5.86. The van der Waals surface area contributed by atoms with E-state index in [0.29, 0.717) is 22.4 Å². The van der Waals surface area contributed by atoms with Crippen LogP contribution in [-0.2, 0) is 12.0 Å². The molecule has 7 heteroatoms. The van der Waals surface area contributed by atoms with Crippen molar-refractivity contribution in [1.82, 2.24) is 14.8 Å². The van der Waals surface area contributed by atoms with Crippen LogP contribution in [0.1, 0.15) is 43.2 Å². The van der Waals surface area contributed by atoms with Crippen molar-refractivity contribution in [2.75, 3.05) is 0 Å². The Morgan fingerprint density at radius 2 is 2.11 bits per heavy atom. The maximum Gasteiger partial charge on any atom is 0.434 e. The van der Waals surface area contributed by atoms with E-state index < -0.39 is 6.09 Å². The van der Waals surface area contributed by atoms with E-state index in [1.807, 2.05) is 39.8 Å². The summed E-state index contributed by atoms with van der Waals surface area (Å²) >= 11 is 0. The van der Waals surface area contributed by atoms with Crippen LogP contribution >= 0.6 is 0 Å². The predicted molar refractivity (Wildman–Crippen MR) is 99.9 cm³/mol. The van der Waals surface area contributed by atoms with Gasteiger partial charge >= 0.3 is 6.09 Å². The van der Waals surface area contributed by atoms with E-state index in [0.717, 1.165) is 15.8 Å². The quantitative estimate of drug-likeness (QED) is 0.753. The Balaban J connectivity index is 2.01. The molecule has 138 valence electrons. The van der Waals surface area contributed by atoms with Gasteiger partial charge in [-0.15, -0.1) is 4.68 Å². The lowest BCUT2D eigenvalue weighted by molar-refractivity contribution is 0.193. The van der Waals surface area contributed by atoms with Crippen LogP contribution in [0.15, 0.2) is 30.5 Å². The minimum absolute atomic E-state index is 0.0941.